The van der Waals surface area contributed by atoms with Gasteiger partial charge >= 0.3 is 0 Å². The molecule has 0 radical (unpaired) electrons. The van der Waals surface area contributed by atoms with Crippen LogP contribution in [0.2, 0.25) is 0 Å². The van der Waals surface area contributed by atoms with Crippen molar-refractivity contribution in [3.63, 3.8) is 0 Å². The molecule has 2 nitrogen and oxygen atoms in total. The number of Topliss-reactive ketones (excluding diaryl/α,β-unsaturated/α-hetero) is 1. The number of hydrogen-bond donors (Lipinski definition) is 1. The van der Waals surface area contributed by atoms with Gasteiger partial charge in [-0.25, -0.2) is 0 Å². The number of hydrogen-bond acceptors (Lipinski definition) is 2. The van der Waals surface area contributed by atoms with Crippen LogP contribution in [-0.4, -0.2) is 18.4 Å². The fourth-order valence-electron chi connectivity index (χ4n) is 2.32. The first-order chi connectivity index (χ1) is 5.83. The lowest BCUT2D eigenvalue weighted by molar-refractivity contribution is -0.126. The lowest BCUT2D eigenvalue weighted by Gasteiger charge is -2.32. The summed E-state index contributed by atoms with van der Waals surface area (Å²) in [6.45, 7) is 1.04. The first-order valence-electron chi connectivity index (χ1n) is 4.52. The highest BCUT2D eigenvalue weighted by molar-refractivity contribution is 5.83. The molecular formula is C10H13NO. The molecule has 1 aliphatic carbocycles. The largest absolute Gasteiger partial charge is 0.313 e. The van der Waals surface area contributed by atoms with Crippen LogP contribution in [0, 0.1) is 24.2 Å². The van der Waals surface area contributed by atoms with Crippen molar-refractivity contribution >= 4 is 5.78 Å². The van der Waals surface area contributed by atoms with Gasteiger partial charge in [-0.3, -0.25) is 4.79 Å². The molecule has 3 aliphatic rings. The summed E-state index contributed by atoms with van der Waals surface area (Å²) in [4.78, 5) is 11.5. The molecular weight excluding hydrogens is 150 g/mol. The highest BCUT2D eigenvalue weighted by Gasteiger charge is 2.49. The van der Waals surface area contributed by atoms with E-state index in [1.165, 1.54) is 6.42 Å². The lowest BCUT2D eigenvalue weighted by Crippen LogP contribution is -2.42. The molecule has 1 saturated carbocycles. The Balaban J connectivity index is 1.86. The third kappa shape index (κ3) is 1.05. The number of nitrogens with one attached hydrogen (secondary N) is 1. The number of carbonyl (C=O) groups excluding carboxylic acids is 1. The Bertz CT molecular complexity index is 227. The smallest absolute Gasteiger partial charge is 0.138 e. The maximum Gasteiger partial charge on any atom is 0.138 e. The molecule has 1 N–H and O–H groups in total. The molecule has 64 valence electrons. The van der Waals surface area contributed by atoms with Gasteiger partial charge in [-0.1, -0.05) is 0 Å². The molecule has 2 aliphatic heterocycles. The second kappa shape index (κ2) is 2.91. The fourth-order valence-corrected chi connectivity index (χ4v) is 2.32. The number of carbonyl (C=O) groups is 1. The highest BCUT2D eigenvalue weighted by atomic mass is 16.1. The molecule has 2 heteroatoms. The van der Waals surface area contributed by atoms with Crippen LogP contribution in [-0.2, 0) is 4.79 Å². The van der Waals surface area contributed by atoms with Gasteiger partial charge in [-0.05, 0) is 18.9 Å². The number of fused-ring (bicyclic) bond motifs is 1. The predicted molar refractivity (Wildman–Crippen MR) is 46.5 cm³/mol. The van der Waals surface area contributed by atoms with E-state index in [-0.39, 0.29) is 0 Å². The SMILES string of the molecule is C#CCCC(=O)C1C2CNC1C2. The molecule has 0 amide bonds. The summed E-state index contributed by atoms with van der Waals surface area (Å²) in [6, 6.07) is 0.486. The topological polar surface area (TPSA) is 29.1 Å². The lowest BCUT2D eigenvalue weighted by atomic mass is 9.71. The predicted octanol–water partition coefficient (Wildman–Crippen LogP) is 0.577. The van der Waals surface area contributed by atoms with E-state index in [1.807, 2.05) is 0 Å². The van der Waals surface area contributed by atoms with Crippen molar-refractivity contribution in [3.8, 4) is 12.3 Å². The van der Waals surface area contributed by atoms with Crippen molar-refractivity contribution in [3.05, 3.63) is 0 Å². The normalized spacial score (nSPS) is 37.1. The third-order valence-electron chi connectivity index (χ3n) is 3.03. The molecule has 0 spiro atoms. The van der Waals surface area contributed by atoms with Gasteiger partial charge in [0.25, 0.3) is 0 Å². The average Bonchev–Trinajstić information content (AvgIpc) is 2.60. The second-order valence-electron chi connectivity index (χ2n) is 3.71. The van der Waals surface area contributed by atoms with E-state index < -0.39 is 0 Å². The number of ketones is 1. The maximum atomic E-state index is 11.5. The van der Waals surface area contributed by atoms with Crippen molar-refractivity contribution in [2.45, 2.75) is 25.3 Å². The monoisotopic (exact) mass is 163 g/mol. The first-order valence-corrected chi connectivity index (χ1v) is 4.52. The molecule has 12 heavy (non-hydrogen) atoms. The third-order valence-corrected chi connectivity index (χ3v) is 3.03. The maximum absolute atomic E-state index is 11.5. The van der Waals surface area contributed by atoms with Gasteiger partial charge in [0, 0.05) is 24.8 Å². The summed E-state index contributed by atoms with van der Waals surface area (Å²) in [6.07, 6.45) is 7.49. The minimum absolute atomic E-state index is 0.304. The minimum atomic E-state index is 0.304. The van der Waals surface area contributed by atoms with Crippen LogP contribution in [0.15, 0.2) is 0 Å². The highest BCUT2D eigenvalue weighted by Crippen LogP contribution is 2.41. The van der Waals surface area contributed by atoms with E-state index in [2.05, 4.69) is 11.2 Å². The molecule has 3 fully saturated rings. The number of terminal acetylenes is 1. The average molecular weight is 163 g/mol. The summed E-state index contributed by atoms with van der Waals surface area (Å²) in [5.41, 5.74) is 0. The Kier molecular flexibility index (Phi) is 1.90. The molecule has 2 saturated heterocycles. The molecule has 0 aromatic heterocycles. The van der Waals surface area contributed by atoms with Crippen molar-refractivity contribution in [1.29, 1.82) is 0 Å². The molecule has 3 unspecified atom stereocenters. The number of rotatable bonds is 3. The summed E-state index contributed by atoms with van der Waals surface area (Å²) in [5.74, 6) is 3.81. The van der Waals surface area contributed by atoms with Crippen LogP contribution in [0.3, 0.4) is 0 Å². The summed E-state index contributed by atoms with van der Waals surface area (Å²) < 4.78 is 0. The Morgan fingerprint density at radius 1 is 1.67 bits per heavy atom. The summed E-state index contributed by atoms with van der Waals surface area (Å²) in [7, 11) is 0. The van der Waals surface area contributed by atoms with Crippen molar-refractivity contribution in [2.24, 2.45) is 11.8 Å². The van der Waals surface area contributed by atoms with Gasteiger partial charge in [0.15, 0.2) is 0 Å². The van der Waals surface area contributed by atoms with Gasteiger partial charge in [-0.15, -0.1) is 12.3 Å². The Morgan fingerprint density at radius 2 is 2.50 bits per heavy atom. The van der Waals surface area contributed by atoms with Crippen molar-refractivity contribution in [2.75, 3.05) is 6.54 Å². The molecule has 2 heterocycles. The van der Waals surface area contributed by atoms with Crippen molar-refractivity contribution in [1.82, 2.24) is 5.32 Å². The van der Waals surface area contributed by atoms with Crippen molar-refractivity contribution < 1.29 is 4.79 Å². The zero-order valence-corrected chi connectivity index (χ0v) is 7.05. The van der Waals surface area contributed by atoms with Crippen LogP contribution < -0.4 is 5.32 Å². The summed E-state index contributed by atoms with van der Waals surface area (Å²) in [5, 5.41) is 3.33. The fraction of sp³-hybridized carbons (Fsp3) is 0.700. The van der Waals surface area contributed by atoms with E-state index >= 15 is 0 Å². The first kappa shape index (κ1) is 7.82. The standard InChI is InChI=1S/C10H13NO/c1-2-3-4-9(12)10-7-5-8(10)11-6-7/h1,7-8,10-11H,3-6H2. The van der Waals surface area contributed by atoms with Gasteiger partial charge < -0.3 is 5.32 Å². The Labute approximate surface area is 72.7 Å². The van der Waals surface area contributed by atoms with E-state index in [0.29, 0.717) is 36.5 Å². The zero-order chi connectivity index (χ0) is 8.55. The summed E-state index contributed by atoms with van der Waals surface area (Å²) >= 11 is 0. The molecule has 2 bridgehead atoms. The second-order valence-corrected chi connectivity index (χ2v) is 3.71. The van der Waals surface area contributed by atoms with E-state index in [1.54, 1.807) is 0 Å². The van der Waals surface area contributed by atoms with Gasteiger partial charge in [-0.2, -0.15) is 0 Å². The van der Waals surface area contributed by atoms with Gasteiger partial charge in [0.05, 0.1) is 0 Å². The van der Waals surface area contributed by atoms with Crippen LogP contribution in [0.5, 0.6) is 0 Å². The Morgan fingerprint density at radius 3 is 3.00 bits per heavy atom. The van der Waals surface area contributed by atoms with E-state index in [9.17, 15) is 4.79 Å². The Hall–Kier alpha value is -0.810. The molecule has 0 aromatic carbocycles. The quantitative estimate of drug-likeness (QED) is 0.616. The van der Waals surface area contributed by atoms with Crippen LogP contribution in [0.4, 0.5) is 0 Å². The molecule has 0 aromatic rings. The molecule has 3 rings (SSSR count). The van der Waals surface area contributed by atoms with Gasteiger partial charge in [0.2, 0.25) is 0 Å². The zero-order valence-electron chi connectivity index (χ0n) is 7.05. The van der Waals surface area contributed by atoms with E-state index in [4.69, 9.17) is 6.42 Å². The molecule has 3 atom stereocenters. The van der Waals surface area contributed by atoms with E-state index in [0.717, 1.165) is 6.54 Å². The van der Waals surface area contributed by atoms with Crippen LogP contribution in [0.1, 0.15) is 19.3 Å². The minimum Gasteiger partial charge on any atom is -0.313 e. The van der Waals surface area contributed by atoms with Gasteiger partial charge in [0.1, 0.15) is 5.78 Å². The van der Waals surface area contributed by atoms with Crippen LogP contribution in [0.25, 0.3) is 0 Å². The van der Waals surface area contributed by atoms with Crippen LogP contribution >= 0.6 is 0 Å².